The van der Waals surface area contributed by atoms with E-state index in [-0.39, 0.29) is 23.6 Å². The molecule has 2 rings (SSSR count). The molecule has 0 radical (unpaired) electrons. The van der Waals surface area contributed by atoms with Crippen LogP contribution in [0, 0.1) is 0 Å². The van der Waals surface area contributed by atoms with Gasteiger partial charge in [0.1, 0.15) is 5.69 Å². The summed E-state index contributed by atoms with van der Waals surface area (Å²) in [6, 6.07) is 5.88. The van der Waals surface area contributed by atoms with Crippen LogP contribution < -0.4 is 5.32 Å². The molecule has 5 heteroatoms. The Labute approximate surface area is 123 Å². The van der Waals surface area contributed by atoms with Crippen LogP contribution >= 0.6 is 0 Å². The minimum absolute atomic E-state index is 0.0277. The van der Waals surface area contributed by atoms with Gasteiger partial charge in [0.05, 0.1) is 0 Å². The highest BCUT2D eigenvalue weighted by molar-refractivity contribution is 5.97. The molecule has 0 atom stereocenters. The van der Waals surface area contributed by atoms with E-state index in [0.29, 0.717) is 5.56 Å². The molecule has 0 bridgehead atoms. The molecular formula is C16H20N2O3. The Morgan fingerprint density at radius 3 is 2.48 bits per heavy atom. The minimum Gasteiger partial charge on any atom is -0.477 e. The first-order chi connectivity index (χ1) is 9.70. The zero-order valence-electron chi connectivity index (χ0n) is 12.7. The number of fused-ring (bicyclic) bond motifs is 1. The summed E-state index contributed by atoms with van der Waals surface area (Å²) in [5.41, 5.74) is 2.60. The number of hydrogen-bond donors (Lipinski definition) is 3. The van der Waals surface area contributed by atoms with Gasteiger partial charge in [0.15, 0.2) is 0 Å². The lowest BCUT2D eigenvalue weighted by Crippen LogP contribution is -2.20. The summed E-state index contributed by atoms with van der Waals surface area (Å²) >= 11 is 0. The van der Waals surface area contributed by atoms with Crippen molar-refractivity contribution >= 4 is 22.8 Å². The van der Waals surface area contributed by atoms with Gasteiger partial charge in [0, 0.05) is 29.9 Å². The molecule has 0 aliphatic heterocycles. The van der Waals surface area contributed by atoms with Crippen LogP contribution in [0.15, 0.2) is 18.2 Å². The summed E-state index contributed by atoms with van der Waals surface area (Å²) in [6.07, 6.45) is 0. The normalized spacial score (nSPS) is 11.6. The molecule has 1 aromatic heterocycles. The lowest BCUT2D eigenvalue weighted by atomic mass is 9.86. The molecule has 5 nitrogen and oxygen atoms in total. The average molecular weight is 288 g/mol. The van der Waals surface area contributed by atoms with Crippen LogP contribution in [0.2, 0.25) is 0 Å². The molecule has 0 fully saturated rings. The van der Waals surface area contributed by atoms with E-state index in [1.807, 2.05) is 18.2 Å². The second-order valence-electron chi connectivity index (χ2n) is 6.20. The third kappa shape index (κ3) is 3.07. The topological polar surface area (TPSA) is 82.2 Å². The van der Waals surface area contributed by atoms with Gasteiger partial charge in [-0.2, -0.15) is 0 Å². The third-order valence-electron chi connectivity index (χ3n) is 3.50. The van der Waals surface area contributed by atoms with Crippen molar-refractivity contribution in [3.63, 3.8) is 0 Å². The van der Waals surface area contributed by atoms with Crippen molar-refractivity contribution in [3.05, 3.63) is 35.0 Å². The smallest absolute Gasteiger partial charge is 0.352 e. The van der Waals surface area contributed by atoms with Gasteiger partial charge >= 0.3 is 5.97 Å². The van der Waals surface area contributed by atoms with Crippen molar-refractivity contribution in [1.29, 1.82) is 0 Å². The zero-order chi connectivity index (χ0) is 15.8. The molecule has 1 amide bonds. The number of aromatic carboxylic acids is 1. The number of aromatic nitrogens is 1. The minimum atomic E-state index is -1.02. The average Bonchev–Trinajstić information content (AvgIpc) is 2.73. The van der Waals surface area contributed by atoms with E-state index in [1.54, 1.807) is 0 Å². The first-order valence-electron chi connectivity index (χ1n) is 6.83. The van der Waals surface area contributed by atoms with Crippen LogP contribution in [0.25, 0.3) is 10.9 Å². The number of carbonyl (C=O) groups is 2. The van der Waals surface area contributed by atoms with E-state index in [2.05, 4.69) is 31.1 Å². The van der Waals surface area contributed by atoms with E-state index < -0.39 is 5.97 Å². The maximum Gasteiger partial charge on any atom is 0.352 e. The van der Waals surface area contributed by atoms with E-state index in [4.69, 9.17) is 0 Å². The SMILES string of the molecule is CC(=O)NCc1c(C(=O)O)[nH]c2ccc(C(C)(C)C)cc12. The predicted molar refractivity (Wildman–Crippen MR) is 81.5 cm³/mol. The highest BCUT2D eigenvalue weighted by Crippen LogP contribution is 2.29. The number of H-pyrrole nitrogens is 1. The van der Waals surface area contributed by atoms with Crippen LogP contribution in [0.4, 0.5) is 0 Å². The number of aromatic amines is 1. The van der Waals surface area contributed by atoms with Gasteiger partial charge < -0.3 is 15.4 Å². The monoisotopic (exact) mass is 288 g/mol. The Morgan fingerprint density at radius 1 is 1.29 bits per heavy atom. The van der Waals surface area contributed by atoms with Gasteiger partial charge in [-0.15, -0.1) is 0 Å². The van der Waals surface area contributed by atoms with Crippen molar-refractivity contribution in [3.8, 4) is 0 Å². The summed E-state index contributed by atoms with van der Waals surface area (Å²) in [5, 5.41) is 12.8. The molecule has 3 N–H and O–H groups in total. The largest absolute Gasteiger partial charge is 0.477 e. The molecule has 1 heterocycles. The molecule has 0 spiro atoms. The van der Waals surface area contributed by atoms with Crippen molar-refractivity contribution < 1.29 is 14.7 Å². The van der Waals surface area contributed by atoms with E-state index in [0.717, 1.165) is 16.5 Å². The third-order valence-corrected chi connectivity index (χ3v) is 3.50. The summed E-state index contributed by atoms with van der Waals surface area (Å²) in [7, 11) is 0. The predicted octanol–water partition coefficient (Wildman–Crippen LogP) is 2.80. The summed E-state index contributed by atoms with van der Waals surface area (Å²) in [5.74, 6) is -1.21. The molecule has 1 aromatic carbocycles. The number of carboxylic acid groups (broad SMARTS) is 1. The van der Waals surface area contributed by atoms with Gasteiger partial charge in [0.2, 0.25) is 5.91 Å². The molecule has 21 heavy (non-hydrogen) atoms. The number of carbonyl (C=O) groups excluding carboxylic acids is 1. The van der Waals surface area contributed by atoms with Crippen LogP contribution in [0.1, 0.15) is 49.3 Å². The Balaban J connectivity index is 2.61. The number of nitrogens with one attached hydrogen (secondary N) is 2. The maximum absolute atomic E-state index is 11.4. The van der Waals surface area contributed by atoms with Gasteiger partial charge in [-0.1, -0.05) is 26.8 Å². The number of benzene rings is 1. The van der Waals surface area contributed by atoms with Crippen LogP contribution in [-0.2, 0) is 16.8 Å². The summed E-state index contributed by atoms with van der Waals surface area (Å²) in [6.45, 7) is 7.92. The second kappa shape index (κ2) is 5.24. The summed E-state index contributed by atoms with van der Waals surface area (Å²) in [4.78, 5) is 25.4. The molecular weight excluding hydrogens is 268 g/mol. The lowest BCUT2D eigenvalue weighted by Gasteiger charge is -2.19. The first-order valence-corrected chi connectivity index (χ1v) is 6.83. The van der Waals surface area contributed by atoms with Gasteiger partial charge in [-0.05, 0) is 23.1 Å². The molecule has 2 aromatic rings. The van der Waals surface area contributed by atoms with E-state index in [1.165, 1.54) is 6.92 Å². The van der Waals surface area contributed by atoms with Crippen molar-refractivity contribution in [2.45, 2.75) is 39.7 Å². The second-order valence-corrected chi connectivity index (χ2v) is 6.20. The molecule has 0 saturated carbocycles. The van der Waals surface area contributed by atoms with Gasteiger partial charge in [0.25, 0.3) is 0 Å². The highest BCUT2D eigenvalue weighted by atomic mass is 16.4. The lowest BCUT2D eigenvalue weighted by molar-refractivity contribution is -0.119. The summed E-state index contributed by atoms with van der Waals surface area (Å²) < 4.78 is 0. The fourth-order valence-electron chi connectivity index (χ4n) is 2.29. The van der Waals surface area contributed by atoms with Crippen LogP contribution in [-0.4, -0.2) is 22.0 Å². The first kappa shape index (κ1) is 15.1. The quantitative estimate of drug-likeness (QED) is 0.812. The highest BCUT2D eigenvalue weighted by Gasteiger charge is 2.20. The Morgan fingerprint density at radius 2 is 1.95 bits per heavy atom. The Hall–Kier alpha value is -2.30. The van der Waals surface area contributed by atoms with Gasteiger partial charge in [-0.25, -0.2) is 4.79 Å². The van der Waals surface area contributed by atoms with Gasteiger partial charge in [-0.3, -0.25) is 4.79 Å². The number of amides is 1. The maximum atomic E-state index is 11.4. The fourth-order valence-corrected chi connectivity index (χ4v) is 2.29. The van der Waals surface area contributed by atoms with E-state index >= 15 is 0 Å². The Kier molecular flexibility index (Phi) is 3.77. The van der Waals surface area contributed by atoms with Crippen LogP contribution in [0.3, 0.4) is 0 Å². The number of carboxylic acids is 1. The number of rotatable bonds is 3. The Bertz CT molecular complexity index is 708. The fraction of sp³-hybridized carbons (Fsp3) is 0.375. The zero-order valence-corrected chi connectivity index (χ0v) is 12.7. The van der Waals surface area contributed by atoms with Crippen LogP contribution in [0.5, 0.6) is 0 Å². The van der Waals surface area contributed by atoms with Crippen molar-refractivity contribution in [2.24, 2.45) is 0 Å². The van der Waals surface area contributed by atoms with Crippen molar-refractivity contribution in [1.82, 2.24) is 10.3 Å². The standard InChI is InChI=1S/C16H20N2O3/c1-9(19)17-8-12-11-7-10(16(2,3)4)5-6-13(11)18-14(12)15(20)21/h5-7,18H,8H2,1-4H3,(H,17,19)(H,20,21). The van der Waals surface area contributed by atoms with Crippen molar-refractivity contribution in [2.75, 3.05) is 0 Å². The molecule has 0 saturated heterocycles. The molecule has 112 valence electrons. The molecule has 0 aliphatic rings. The number of hydrogen-bond acceptors (Lipinski definition) is 2. The molecule has 0 aliphatic carbocycles. The van der Waals surface area contributed by atoms with E-state index in [9.17, 15) is 14.7 Å². The molecule has 0 unspecified atom stereocenters.